The summed E-state index contributed by atoms with van der Waals surface area (Å²) >= 11 is 1.01. The van der Waals surface area contributed by atoms with Crippen molar-refractivity contribution < 1.29 is 47.6 Å². The number of esters is 4. The third-order valence-corrected chi connectivity index (χ3v) is 8.57. The molecule has 6 rings (SSSR count). The van der Waals surface area contributed by atoms with Gasteiger partial charge in [0, 0.05) is 0 Å². The minimum atomic E-state index is -1.44. The first-order chi connectivity index (χ1) is 24.0. The molecule has 49 heavy (non-hydrogen) atoms. The van der Waals surface area contributed by atoms with Crippen LogP contribution in [-0.4, -0.2) is 78.7 Å². The van der Waals surface area contributed by atoms with Crippen molar-refractivity contribution in [1.29, 1.82) is 0 Å². The summed E-state index contributed by atoms with van der Waals surface area (Å²) in [6, 6.07) is 33.0. The molecule has 1 fully saturated rings. The first-order valence-corrected chi connectivity index (χ1v) is 16.3. The second kappa shape index (κ2) is 16.1. The molecule has 5 atom stereocenters. The molecular formula is C37H31NO10S. The Morgan fingerprint density at radius 3 is 1.47 bits per heavy atom. The number of rotatable bonds is 10. The minimum Gasteiger partial charge on any atom is -0.471 e. The normalized spacial score (nSPS) is 21.4. The Kier molecular flexibility index (Phi) is 11.0. The highest BCUT2D eigenvalue weighted by Crippen LogP contribution is 2.36. The summed E-state index contributed by atoms with van der Waals surface area (Å²) in [5.41, 5.74) is -0.179. The van der Waals surface area contributed by atoms with E-state index in [0.29, 0.717) is 13.2 Å². The third-order valence-electron chi connectivity index (χ3n) is 7.51. The molecule has 250 valence electrons. The van der Waals surface area contributed by atoms with Gasteiger partial charge in [-0.05, 0) is 60.3 Å². The second-order valence-electron chi connectivity index (χ2n) is 10.8. The first kappa shape index (κ1) is 33.4. The molecule has 0 amide bonds. The van der Waals surface area contributed by atoms with E-state index in [1.54, 1.807) is 121 Å². The van der Waals surface area contributed by atoms with E-state index in [1.165, 1.54) is 0 Å². The van der Waals surface area contributed by atoms with Crippen LogP contribution in [-0.2, 0) is 28.4 Å². The third kappa shape index (κ3) is 8.53. The minimum absolute atomic E-state index is 0.204. The van der Waals surface area contributed by atoms with E-state index < -0.39 is 60.3 Å². The van der Waals surface area contributed by atoms with E-state index in [-0.39, 0.29) is 27.5 Å². The van der Waals surface area contributed by atoms with Crippen molar-refractivity contribution in [1.82, 2.24) is 0 Å². The molecule has 0 N–H and O–H groups in total. The summed E-state index contributed by atoms with van der Waals surface area (Å²) in [6.07, 6.45) is -5.41. The van der Waals surface area contributed by atoms with Crippen LogP contribution in [0.15, 0.2) is 126 Å². The summed E-state index contributed by atoms with van der Waals surface area (Å²) < 4.78 is 35.9. The highest BCUT2D eigenvalue weighted by Gasteiger charge is 2.54. The van der Waals surface area contributed by atoms with Gasteiger partial charge in [-0.15, -0.1) is 0 Å². The van der Waals surface area contributed by atoms with E-state index >= 15 is 0 Å². The van der Waals surface area contributed by atoms with E-state index in [9.17, 15) is 19.2 Å². The van der Waals surface area contributed by atoms with E-state index in [1.807, 2.05) is 0 Å². The Labute approximate surface area is 286 Å². The Morgan fingerprint density at radius 2 is 1.02 bits per heavy atom. The summed E-state index contributed by atoms with van der Waals surface area (Å²) in [6.45, 7) is 0.334. The van der Waals surface area contributed by atoms with Crippen molar-refractivity contribution in [3.05, 3.63) is 144 Å². The molecule has 2 heterocycles. The maximum atomic E-state index is 13.6. The zero-order valence-electron chi connectivity index (χ0n) is 26.0. The molecule has 12 heteroatoms. The molecule has 4 aromatic carbocycles. The monoisotopic (exact) mass is 681 g/mol. The van der Waals surface area contributed by atoms with Crippen LogP contribution in [0.5, 0.6) is 0 Å². The van der Waals surface area contributed by atoms with Crippen molar-refractivity contribution in [2.45, 2.75) is 29.9 Å². The van der Waals surface area contributed by atoms with Gasteiger partial charge >= 0.3 is 23.9 Å². The number of aliphatic imine (C=N–C) groups is 1. The smallest absolute Gasteiger partial charge is 0.338 e. The van der Waals surface area contributed by atoms with Gasteiger partial charge < -0.3 is 28.4 Å². The van der Waals surface area contributed by atoms with Crippen molar-refractivity contribution in [2.24, 2.45) is 4.99 Å². The lowest BCUT2D eigenvalue weighted by atomic mass is 9.98. The maximum absolute atomic E-state index is 13.6. The molecule has 0 saturated carbocycles. The first-order valence-electron chi connectivity index (χ1n) is 15.5. The molecule has 4 aromatic rings. The number of carbonyl (C=O) groups excluding carboxylic acids is 4. The summed E-state index contributed by atoms with van der Waals surface area (Å²) in [7, 11) is 0. The van der Waals surface area contributed by atoms with Gasteiger partial charge in [0.05, 0.1) is 28.8 Å². The van der Waals surface area contributed by atoms with E-state index in [4.69, 9.17) is 28.4 Å². The molecule has 0 spiro atoms. The Hall–Kier alpha value is -5.46. The van der Waals surface area contributed by atoms with Crippen LogP contribution in [0.25, 0.3) is 0 Å². The molecule has 1 saturated heterocycles. The van der Waals surface area contributed by atoms with Crippen molar-refractivity contribution in [3.8, 4) is 0 Å². The van der Waals surface area contributed by atoms with Crippen LogP contribution in [0.3, 0.4) is 0 Å². The van der Waals surface area contributed by atoms with Gasteiger partial charge in [0.2, 0.25) is 5.23 Å². The Morgan fingerprint density at radius 1 is 0.592 bits per heavy atom. The van der Waals surface area contributed by atoms with Crippen LogP contribution in [0.1, 0.15) is 41.4 Å². The van der Waals surface area contributed by atoms with Gasteiger partial charge in [-0.25, -0.2) is 24.2 Å². The van der Waals surface area contributed by atoms with Gasteiger partial charge in [0.25, 0.3) is 0 Å². The zero-order chi connectivity index (χ0) is 34.0. The Balaban J connectivity index is 1.39. The maximum Gasteiger partial charge on any atom is 0.338 e. The van der Waals surface area contributed by atoms with Gasteiger partial charge in [-0.1, -0.05) is 72.8 Å². The summed E-state index contributed by atoms with van der Waals surface area (Å²) in [4.78, 5) is 58.1. The SMILES string of the molecule is O=C(OC[C@H]1O[C@@H](SC2=NCCO2)[C@H](OC(=O)c2ccccc2)[C@@H](OC(=O)c2ccccc2)[C@@H]1OC(=O)c1ccccc1)c1ccccc1. The predicted molar refractivity (Wildman–Crippen MR) is 178 cm³/mol. The van der Waals surface area contributed by atoms with Gasteiger partial charge in [0.15, 0.2) is 23.7 Å². The molecule has 0 radical (unpaired) electrons. The molecule has 0 aromatic heterocycles. The lowest BCUT2D eigenvalue weighted by Gasteiger charge is -2.44. The number of thioether (sulfide) groups is 1. The standard InChI is InChI=1S/C37H31NO10S/c39-32(24-13-5-1-6-14-24)44-23-28-29(46-33(40)25-15-7-2-8-16-25)30(47-34(41)26-17-9-3-10-18-26)31(36(45-28)49-37-38-21-22-43-37)48-35(42)27-19-11-4-12-20-27/h1-20,28-31,36H,21-23H2/t28-,29-,30+,31-,36+/m1/s1. The second-order valence-corrected chi connectivity index (χ2v) is 11.9. The number of nitrogens with zero attached hydrogens (tertiary/aromatic N) is 1. The summed E-state index contributed by atoms with van der Waals surface area (Å²) in [5, 5.41) is 0.263. The van der Waals surface area contributed by atoms with Crippen molar-refractivity contribution >= 4 is 40.9 Å². The zero-order valence-corrected chi connectivity index (χ0v) is 26.8. The van der Waals surface area contributed by atoms with Crippen LogP contribution >= 0.6 is 11.8 Å². The topological polar surface area (TPSA) is 136 Å². The van der Waals surface area contributed by atoms with Crippen LogP contribution in [0.4, 0.5) is 0 Å². The average molecular weight is 682 g/mol. The molecule has 0 unspecified atom stereocenters. The molecule has 0 bridgehead atoms. The molecular weight excluding hydrogens is 650 g/mol. The number of hydrogen-bond donors (Lipinski definition) is 0. The van der Waals surface area contributed by atoms with Crippen molar-refractivity contribution in [3.63, 3.8) is 0 Å². The largest absolute Gasteiger partial charge is 0.471 e. The van der Waals surface area contributed by atoms with Gasteiger partial charge in [-0.3, -0.25) is 0 Å². The summed E-state index contributed by atoms with van der Waals surface area (Å²) in [5.74, 6) is -2.93. The molecule has 0 aliphatic carbocycles. The number of hydrogen-bond acceptors (Lipinski definition) is 12. The highest BCUT2D eigenvalue weighted by molar-refractivity contribution is 8.14. The lowest BCUT2D eigenvalue weighted by Crippen LogP contribution is -2.62. The molecule has 2 aliphatic rings. The van der Waals surface area contributed by atoms with Gasteiger partial charge in [-0.2, -0.15) is 0 Å². The Bertz CT molecular complexity index is 1770. The number of benzene rings is 4. The van der Waals surface area contributed by atoms with Crippen molar-refractivity contribution in [2.75, 3.05) is 19.8 Å². The van der Waals surface area contributed by atoms with Crippen LogP contribution < -0.4 is 0 Å². The van der Waals surface area contributed by atoms with E-state index in [0.717, 1.165) is 11.8 Å². The fourth-order valence-corrected chi connectivity index (χ4v) is 6.17. The molecule has 11 nitrogen and oxygen atoms in total. The van der Waals surface area contributed by atoms with Gasteiger partial charge in [0.1, 0.15) is 19.3 Å². The van der Waals surface area contributed by atoms with E-state index in [2.05, 4.69) is 4.99 Å². The average Bonchev–Trinajstić information content (AvgIpc) is 3.67. The lowest BCUT2D eigenvalue weighted by molar-refractivity contribution is -0.207. The predicted octanol–water partition coefficient (Wildman–Crippen LogP) is 5.36. The fourth-order valence-electron chi connectivity index (χ4n) is 5.11. The fraction of sp³-hybridized carbons (Fsp3) is 0.216. The number of carbonyl (C=O) groups is 4. The number of ether oxygens (including phenoxy) is 6. The van der Waals surface area contributed by atoms with Crippen LogP contribution in [0, 0.1) is 0 Å². The quantitative estimate of drug-likeness (QED) is 0.158. The molecule has 2 aliphatic heterocycles. The highest BCUT2D eigenvalue weighted by atomic mass is 32.2. The van der Waals surface area contributed by atoms with Crippen LogP contribution in [0.2, 0.25) is 0 Å².